The lowest BCUT2D eigenvalue weighted by molar-refractivity contribution is 0.128. The van der Waals surface area contributed by atoms with Crippen molar-refractivity contribution in [3.63, 3.8) is 0 Å². The minimum Gasteiger partial charge on any atom is -0.374 e. The fraction of sp³-hybridized carbons (Fsp3) is 0.714. The Bertz CT molecular complexity index is 418. The molecular formula is C14H25N5O. The smallest absolute Gasteiger partial charge is 0.158 e. The van der Waals surface area contributed by atoms with E-state index < -0.39 is 0 Å². The first-order chi connectivity index (χ1) is 9.71. The van der Waals surface area contributed by atoms with E-state index in [1.807, 2.05) is 20.0 Å². The Morgan fingerprint density at radius 2 is 2.00 bits per heavy atom. The van der Waals surface area contributed by atoms with Gasteiger partial charge in [0.25, 0.3) is 0 Å². The first-order valence-corrected chi connectivity index (χ1v) is 7.29. The molecule has 6 nitrogen and oxygen atoms in total. The van der Waals surface area contributed by atoms with E-state index >= 15 is 0 Å². The first kappa shape index (κ1) is 15.0. The molecule has 1 aliphatic heterocycles. The van der Waals surface area contributed by atoms with Crippen LogP contribution in [0.15, 0.2) is 6.07 Å². The Hall–Kier alpha value is -1.40. The number of nitrogens with zero attached hydrogens (tertiary/aromatic N) is 3. The zero-order chi connectivity index (χ0) is 14.4. The van der Waals surface area contributed by atoms with Crippen molar-refractivity contribution in [1.29, 1.82) is 0 Å². The molecule has 0 spiro atoms. The van der Waals surface area contributed by atoms with Gasteiger partial charge in [-0.15, -0.1) is 0 Å². The van der Waals surface area contributed by atoms with E-state index in [9.17, 15) is 0 Å². The minimum absolute atomic E-state index is 0.452. The van der Waals surface area contributed by atoms with E-state index in [0.717, 1.165) is 37.6 Å². The van der Waals surface area contributed by atoms with E-state index in [-0.39, 0.29) is 0 Å². The van der Waals surface area contributed by atoms with Crippen LogP contribution >= 0.6 is 0 Å². The molecule has 6 heteroatoms. The van der Waals surface area contributed by atoms with E-state index in [1.54, 1.807) is 0 Å². The third kappa shape index (κ3) is 4.31. The molecule has 2 rings (SSSR count). The molecule has 0 bridgehead atoms. The third-order valence-electron chi connectivity index (χ3n) is 3.53. The molecular weight excluding hydrogens is 254 g/mol. The average molecular weight is 279 g/mol. The van der Waals surface area contributed by atoms with E-state index in [4.69, 9.17) is 4.74 Å². The SMILES string of the molecule is CCOCc1nc(NC)cc(NC2CCN(C)CC2)n1. The van der Waals surface area contributed by atoms with Crippen molar-refractivity contribution in [3.8, 4) is 0 Å². The fourth-order valence-corrected chi connectivity index (χ4v) is 2.32. The van der Waals surface area contributed by atoms with E-state index in [1.165, 1.54) is 0 Å². The lowest BCUT2D eigenvalue weighted by atomic mass is 10.1. The molecule has 0 aromatic carbocycles. The number of aromatic nitrogens is 2. The largest absolute Gasteiger partial charge is 0.374 e. The van der Waals surface area contributed by atoms with Gasteiger partial charge in [0.1, 0.15) is 18.2 Å². The Balaban J connectivity index is 2.02. The van der Waals surface area contributed by atoms with Crippen LogP contribution in [-0.2, 0) is 11.3 Å². The summed E-state index contributed by atoms with van der Waals surface area (Å²) in [6, 6.07) is 2.44. The van der Waals surface area contributed by atoms with Crippen molar-refractivity contribution >= 4 is 11.6 Å². The van der Waals surface area contributed by atoms with Crippen LogP contribution < -0.4 is 10.6 Å². The molecule has 0 amide bonds. The van der Waals surface area contributed by atoms with Crippen LogP contribution in [0.4, 0.5) is 11.6 Å². The molecule has 0 aliphatic carbocycles. The van der Waals surface area contributed by atoms with Gasteiger partial charge in [-0.1, -0.05) is 0 Å². The lowest BCUT2D eigenvalue weighted by Crippen LogP contribution is -2.37. The average Bonchev–Trinajstić information content (AvgIpc) is 2.47. The predicted octanol–water partition coefficient (Wildman–Crippen LogP) is 1.56. The highest BCUT2D eigenvalue weighted by Crippen LogP contribution is 2.17. The number of hydrogen-bond donors (Lipinski definition) is 2. The molecule has 0 saturated carbocycles. The normalized spacial score (nSPS) is 17.1. The van der Waals surface area contributed by atoms with Gasteiger partial charge in [-0.3, -0.25) is 0 Å². The van der Waals surface area contributed by atoms with E-state index in [2.05, 4.69) is 32.5 Å². The van der Waals surface area contributed by atoms with Crippen molar-refractivity contribution in [2.45, 2.75) is 32.4 Å². The first-order valence-electron chi connectivity index (χ1n) is 7.29. The molecule has 0 unspecified atom stereocenters. The van der Waals surface area contributed by atoms with Gasteiger partial charge < -0.3 is 20.3 Å². The molecule has 1 aromatic heterocycles. The van der Waals surface area contributed by atoms with Gasteiger partial charge in [-0.05, 0) is 39.9 Å². The van der Waals surface area contributed by atoms with Crippen LogP contribution in [0.5, 0.6) is 0 Å². The summed E-state index contributed by atoms with van der Waals surface area (Å²) in [5, 5.41) is 6.59. The van der Waals surface area contributed by atoms with Crippen LogP contribution in [0.3, 0.4) is 0 Å². The molecule has 0 atom stereocenters. The quantitative estimate of drug-likeness (QED) is 0.824. The van der Waals surface area contributed by atoms with Gasteiger partial charge in [0.05, 0.1) is 0 Å². The summed E-state index contributed by atoms with van der Waals surface area (Å²) in [6.45, 7) is 5.36. The van der Waals surface area contributed by atoms with Crippen molar-refractivity contribution in [2.24, 2.45) is 0 Å². The van der Waals surface area contributed by atoms with Gasteiger partial charge in [0, 0.05) is 25.8 Å². The predicted molar refractivity (Wildman–Crippen MR) is 81.1 cm³/mol. The summed E-state index contributed by atoms with van der Waals surface area (Å²) in [5.41, 5.74) is 0. The van der Waals surface area contributed by atoms with Gasteiger partial charge in [0.15, 0.2) is 5.82 Å². The van der Waals surface area contributed by atoms with Crippen LogP contribution in [0.25, 0.3) is 0 Å². The number of ether oxygens (including phenoxy) is 1. The number of hydrogen-bond acceptors (Lipinski definition) is 6. The van der Waals surface area contributed by atoms with Gasteiger partial charge in [0.2, 0.25) is 0 Å². The highest BCUT2D eigenvalue weighted by atomic mass is 16.5. The Labute approximate surface area is 120 Å². The van der Waals surface area contributed by atoms with Crippen LogP contribution in [0, 0.1) is 0 Å². The number of likely N-dealkylation sites (tertiary alicyclic amines) is 1. The van der Waals surface area contributed by atoms with Crippen molar-refractivity contribution in [2.75, 3.05) is 44.4 Å². The Kier molecular flexibility index (Phi) is 5.55. The number of piperidine rings is 1. The van der Waals surface area contributed by atoms with Crippen molar-refractivity contribution in [3.05, 3.63) is 11.9 Å². The molecule has 2 N–H and O–H groups in total. The second-order valence-electron chi connectivity index (χ2n) is 5.16. The Morgan fingerprint density at radius 1 is 1.30 bits per heavy atom. The maximum Gasteiger partial charge on any atom is 0.158 e. The van der Waals surface area contributed by atoms with Gasteiger partial charge in [-0.2, -0.15) is 0 Å². The molecule has 112 valence electrons. The zero-order valence-electron chi connectivity index (χ0n) is 12.6. The molecule has 0 radical (unpaired) electrons. The summed E-state index contributed by atoms with van der Waals surface area (Å²) in [6.07, 6.45) is 2.30. The highest BCUT2D eigenvalue weighted by Gasteiger charge is 2.17. The summed E-state index contributed by atoms with van der Waals surface area (Å²) in [4.78, 5) is 11.3. The number of anilines is 2. The lowest BCUT2D eigenvalue weighted by Gasteiger charge is -2.29. The summed E-state index contributed by atoms with van der Waals surface area (Å²) < 4.78 is 5.39. The maximum atomic E-state index is 5.39. The van der Waals surface area contributed by atoms with Crippen molar-refractivity contribution < 1.29 is 4.74 Å². The standard InChI is InChI=1S/C14H25N5O/c1-4-20-10-14-17-12(15-2)9-13(18-14)16-11-5-7-19(3)8-6-11/h9,11H,4-8,10H2,1-3H3,(H2,15,16,17,18). The van der Waals surface area contributed by atoms with Crippen molar-refractivity contribution in [1.82, 2.24) is 14.9 Å². The molecule has 2 heterocycles. The second-order valence-corrected chi connectivity index (χ2v) is 5.16. The molecule has 1 aromatic rings. The molecule has 1 aliphatic rings. The fourth-order valence-electron chi connectivity index (χ4n) is 2.32. The highest BCUT2D eigenvalue weighted by molar-refractivity contribution is 5.47. The third-order valence-corrected chi connectivity index (χ3v) is 3.53. The molecule has 1 fully saturated rings. The van der Waals surface area contributed by atoms with Gasteiger partial charge in [-0.25, -0.2) is 9.97 Å². The van der Waals surface area contributed by atoms with Crippen LogP contribution in [-0.4, -0.2) is 54.7 Å². The van der Waals surface area contributed by atoms with Gasteiger partial charge >= 0.3 is 0 Å². The number of rotatable bonds is 6. The zero-order valence-corrected chi connectivity index (χ0v) is 12.6. The second kappa shape index (κ2) is 7.40. The van der Waals surface area contributed by atoms with Crippen LogP contribution in [0.2, 0.25) is 0 Å². The summed E-state index contributed by atoms with van der Waals surface area (Å²) in [5.74, 6) is 2.42. The topological polar surface area (TPSA) is 62.3 Å². The Morgan fingerprint density at radius 3 is 2.65 bits per heavy atom. The maximum absolute atomic E-state index is 5.39. The molecule has 1 saturated heterocycles. The molecule has 20 heavy (non-hydrogen) atoms. The number of nitrogens with one attached hydrogen (secondary N) is 2. The van der Waals surface area contributed by atoms with Crippen LogP contribution in [0.1, 0.15) is 25.6 Å². The monoisotopic (exact) mass is 279 g/mol. The summed E-state index contributed by atoms with van der Waals surface area (Å²) in [7, 11) is 4.03. The minimum atomic E-state index is 0.452. The van der Waals surface area contributed by atoms with E-state index in [0.29, 0.717) is 25.1 Å². The summed E-state index contributed by atoms with van der Waals surface area (Å²) >= 11 is 0.